The summed E-state index contributed by atoms with van der Waals surface area (Å²) in [5.41, 5.74) is 2.51. The second-order valence-corrected chi connectivity index (χ2v) is 5.34. The van der Waals surface area contributed by atoms with E-state index >= 15 is 0 Å². The number of carbonyl (C=O) groups is 2. The van der Waals surface area contributed by atoms with Crippen molar-refractivity contribution in [3.63, 3.8) is 0 Å². The smallest absolute Gasteiger partial charge is 0.306 e. The van der Waals surface area contributed by atoms with Crippen LogP contribution in [0.5, 0.6) is 0 Å². The van der Waals surface area contributed by atoms with Crippen molar-refractivity contribution in [1.29, 1.82) is 0 Å². The van der Waals surface area contributed by atoms with Crippen LogP contribution in [-0.4, -0.2) is 33.9 Å². The van der Waals surface area contributed by atoms with E-state index in [4.69, 9.17) is 0 Å². The molecule has 126 valence electrons. The van der Waals surface area contributed by atoms with Crippen LogP contribution in [0.2, 0.25) is 0 Å². The minimum atomic E-state index is -0.404. The number of esters is 1. The van der Waals surface area contributed by atoms with Crippen LogP contribution in [0, 0.1) is 6.92 Å². The van der Waals surface area contributed by atoms with Crippen molar-refractivity contribution >= 4 is 11.9 Å². The van der Waals surface area contributed by atoms with Crippen LogP contribution < -0.4 is 5.32 Å². The lowest BCUT2D eigenvalue weighted by Gasteiger charge is -2.16. The van der Waals surface area contributed by atoms with E-state index in [1.165, 1.54) is 7.11 Å². The van der Waals surface area contributed by atoms with E-state index in [1.54, 1.807) is 18.6 Å². The number of methoxy groups -OCH3 is 1. The third-order valence-corrected chi connectivity index (χ3v) is 3.58. The van der Waals surface area contributed by atoms with Crippen molar-refractivity contribution < 1.29 is 14.3 Å². The topological polar surface area (TPSA) is 94.1 Å². The lowest BCUT2D eigenvalue weighted by molar-refractivity contribution is -0.142. The Morgan fingerprint density at radius 3 is 2.58 bits per heavy atom. The van der Waals surface area contributed by atoms with Crippen molar-refractivity contribution in [1.82, 2.24) is 20.3 Å². The molecule has 0 aliphatic heterocycles. The molecule has 7 nitrogen and oxygen atoms in total. The van der Waals surface area contributed by atoms with Crippen LogP contribution in [0.4, 0.5) is 0 Å². The molecule has 2 heterocycles. The Labute approximate surface area is 140 Å². The van der Waals surface area contributed by atoms with Gasteiger partial charge in [-0.25, -0.2) is 9.97 Å². The maximum absolute atomic E-state index is 11.9. The zero-order valence-electron chi connectivity index (χ0n) is 13.9. The Morgan fingerprint density at radius 1 is 1.25 bits per heavy atom. The van der Waals surface area contributed by atoms with Gasteiger partial charge in [-0.05, 0) is 26.0 Å². The third-order valence-electron chi connectivity index (χ3n) is 3.58. The second-order valence-electron chi connectivity index (χ2n) is 5.34. The average molecular weight is 328 g/mol. The Morgan fingerprint density at radius 2 is 1.96 bits per heavy atom. The number of hydrogen-bond donors (Lipinski definition) is 1. The van der Waals surface area contributed by atoms with Gasteiger partial charge in [-0.1, -0.05) is 0 Å². The number of aryl methyl sites for hydroxylation is 1. The summed E-state index contributed by atoms with van der Waals surface area (Å²) in [4.78, 5) is 35.8. The summed E-state index contributed by atoms with van der Waals surface area (Å²) in [5, 5.41) is 2.84. The molecule has 0 saturated carbocycles. The number of ether oxygens (including phenoxy) is 1. The third kappa shape index (κ3) is 4.58. The quantitative estimate of drug-likeness (QED) is 0.815. The van der Waals surface area contributed by atoms with Gasteiger partial charge in [-0.2, -0.15) is 0 Å². The minimum Gasteiger partial charge on any atom is -0.469 e. The molecule has 0 spiro atoms. The molecule has 0 aliphatic carbocycles. The molecule has 0 aromatic carbocycles. The van der Waals surface area contributed by atoms with E-state index in [9.17, 15) is 9.59 Å². The maximum Gasteiger partial charge on any atom is 0.306 e. The van der Waals surface area contributed by atoms with Crippen LogP contribution in [0.15, 0.2) is 30.7 Å². The van der Waals surface area contributed by atoms with Gasteiger partial charge in [0.05, 0.1) is 19.6 Å². The summed E-state index contributed by atoms with van der Waals surface area (Å²) in [6.45, 7) is 3.73. The lowest BCUT2D eigenvalue weighted by atomic mass is 10.1. The number of rotatable bonds is 6. The Balaban J connectivity index is 2.03. The van der Waals surface area contributed by atoms with Crippen molar-refractivity contribution in [2.24, 2.45) is 0 Å². The number of hydrogen-bond acceptors (Lipinski definition) is 6. The average Bonchev–Trinajstić information content (AvgIpc) is 2.60. The van der Waals surface area contributed by atoms with Gasteiger partial charge >= 0.3 is 5.97 Å². The van der Waals surface area contributed by atoms with Crippen molar-refractivity contribution in [2.45, 2.75) is 32.7 Å². The summed E-state index contributed by atoms with van der Waals surface area (Å²) < 4.78 is 4.52. The zero-order chi connectivity index (χ0) is 17.5. The highest BCUT2D eigenvalue weighted by Gasteiger charge is 2.15. The highest BCUT2D eigenvalue weighted by molar-refractivity contribution is 5.81. The first-order valence-electron chi connectivity index (χ1n) is 7.61. The summed E-state index contributed by atoms with van der Waals surface area (Å²) in [7, 11) is 1.30. The fraction of sp³-hybridized carbons (Fsp3) is 0.353. The number of pyridine rings is 1. The Hall–Kier alpha value is -2.83. The van der Waals surface area contributed by atoms with E-state index in [2.05, 4.69) is 25.0 Å². The Bertz CT molecular complexity index is 719. The molecule has 1 N–H and O–H groups in total. The monoisotopic (exact) mass is 328 g/mol. The van der Waals surface area contributed by atoms with Crippen LogP contribution >= 0.6 is 0 Å². The summed E-state index contributed by atoms with van der Waals surface area (Å²) in [5.74, 6) is -0.00704. The molecule has 7 heteroatoms. The fourth-order valence-corrected chi connectivity index (χ4v) is 2.25. The van der Waals surface area contributed by atoms with E-state index in [0.29, 0.717) is 5.82 Å². The lowest BCUT2D eigenvalue weighted by Crippen LogP contribution is -2.27. The Kier molecular flexibility index (Phi) is 5.95. The van der Waals surface area contributed by atoms with Gasteiger partial charge < -0.3 is 10.1 Å². The maximum atomic E-state index is 11.9. The molecule has 2 rings (SSSR count). The van der Waals surface area contributed by atoms with Gasteiger partial charge in [-0.3, -0.25) is 14.6 Å². The number of amides is 1. The first-order chi connectivity index (χ1) is 11.5. The molecular weight excluding hydrogens is 308 g/mol. The van der Waals surface area contributed by atoms with Crippen LogP contribution in [0.3, 0.4) is 0 Å². The molecule has 0 saturated heterocycles. The fourth-order valence-electron chi connectivity index (χ4n) is 2.25. The van der Waals surface area contributed by atoms with E-state index in [1.807, 2.05) is 26.0 Å². The summed E-state index contributed by atoms with van der Waals surface area (Å²) >= 11 is 0. The van der Waals surface area contributed by atoms with Gasteiger partial charge in [0, 0.05) is 41.8 Å². The van der Waals surface area contributed by atoms with E-state index < -0.39 is 5.97 Å². The second kappa shape index (κ2) is 8.14. The summed E-state index contributed by atoms with van der Waals surface area (Å²) in [6.07, 6.45) is 5.24. The van der Waals surface area contributed by atoms with Crippen LogP contribution in [0.25, 0.3) is 11.4 Å². The normalized spacial score (nSPS) is 11.6. The molecule has 2 aromatic heterocycles. The largest absolute Gasteiger partial charge is 0.469 e. The molecule has 1 atom stereocenters. The van der Waals surface area contributed by atoms with Crippen molar-refractivity contribution in [3.05, 3.63) is 42.0 Å². The van der Waals surface area contributed by atoms with Crippen LogP contribution in [-0.2, 0) is 14.3 Å². The first-order valence-corrected chi connectivity index (χ1v) is 7.61. The predicted molar refractivity (Wildman–Crippen MR) is 87.8 cm³/mol. The highest BCUT2D eigenvalue weighted by atomic mass is 16.5. The standard InChI is InChI=1S/C17H20N4O3/c1-11(20-15(22)4-5-16(23)24-3)14-10-19-17(21-12(14)2)13-6-8-18-9-7-13/h6-11H,4-5H2,1-3H3,(H,20,22)/t11-/m1/s1. The van der Waals surface area contributed by atoms with Gasteiger partial charge in [-0.15, -0.1) is 0 Å². The molecule has 0 bridgehead atoms. The molecule has 0 unspecified atom stereocenters. The van der Waals surface area contributed by atoms with Gasteiger partial charge in [0.25, 0.3) is 0 Å². The molecule has 0 radical (unpaired) electrons. The highest BCUT2D eigenvalue weighted by Crippen LogP contribution is 2.19. The molecule has 24 heavy (non-hydrogen) atoms. The van der Waals surface area contributed by atoms with Crippen LogP contribution in [0.1, 0.15) is 37.1 Å². The predicted octanol–water partition coefficient (Wildman–Crippen LogP) is 1.98. The number of nitrogens with zero attached hydrogens (tertiary/aromatic N) is 3. The minimum absolute atomic E-state index is 0.0610. The molecule has 2 aromatic rings. The van der Waals surface area contributed by atoms with Gasteiger partial charge in [0.1, 0.15) is 0 Å². The SMILES string of the molecule is COC(=O)CCC(=O)N[C@H](C)c1cnc(-c2ccncc2)nc1C. The zero-order valence-corrected chi connectivity index (χ0v) is 13.9. The van der Waals surface area contributed by atoms with E-state index in [0.717, 1.165) is 16.8 Å². The molecule has 1 amide bonds. The van der Waals surface area contributed by atoms with E-state index in [-0.39, 0.29) is 24.8 Å². The van der Waals surface area contributed by atoms with Gasteiger partial charge in [0.2, 0.25) is 5.91 Å². The van der Waals surface area contributed by atoms with Gasteiger partial charge in [0.15, 0.2) is 5.82 Å². The molecular formula is C17H20N4O3. The first kappa shape index (κ1) is 17.5. The van der Waals surface area contributed by atoms with Crippen molar-refractivity contribution in [3.8, 4) is 11.4 Å². The number of aromatic nitrogens is 3. The summed E-state index contributed by atoms with van der Waals surface area (Å²) in [6, 6.07) is 3.43. The number of nitrogens with one attached hydrogen (secondary N) is 1. The number of carbonyl (C=O) groups excluding carboxylic acids is 2. The van der Waals surface area contributed by atoms with Crippen molar-refractivity contribution in [2.75, 3.05) is 7.11 Å². The molecule has 0 fully saturated rings. The molecule has 0 aliphatic rings.